The maximum Gasteiger partial charge on any atom is 0.329 e. The van der Waals surface area contributed by atoms with Gasteiger partial charge in [-0.1, -0.05) is 18.9 Å². The molecule has 2 aliphatic heterocycles. The molecule has 1 aliphatic carbocycles. The Kier molecular flexibility index (Phi) is 4.60. The summed E-state index contributed by atoms with van der Waals surface area (Å²) < 4.78 is 0. The lowest BCUT2D eigenvalue weighted by molar-refractivity contribution is -0.144. The minimum Gasteiger partial charge on any atom is -0.480 e. The Morgan fingerprint density at radius 1 is 1.17 bits per heavy atom. The lowest BCUT2D eigenvalue weighted by Crippen LogP contribution is -2.52. The van der Waals surface area contributed by atoms with Crippen molar-refractivity contribution in [3.8, 4) is 0 Å². The topological polar surface area (TPSA) is 133 Å². The second kappa shape index (κ2) is 6.98. The van der Waals surface area contributed by atoms with E-state index >= 15 is 0 Å². The second-order valence-corrected chi connectivity index (χ2v) is 7.82. The summed E-state index contributed by atoms with van der Waals surface area (Å²) in [6, 6.07) is 3.93. The average Bonchev–Trinajstić information content (AvgIpc) is 3.27. The van der Waals surface area contributed by atoms with Crippen LogP contribution >= 0.6 is 0 Å². The van der Waals surface area contributed by atoms with Crippen LogP contribution in [0.4, 0.5) is 0 Å². The van der Waals surface area contributed by atoms with Crippen LogP contribution in [0.15, 0.2) is 18.2 Å². The lowest BCUT2D eigenvalue weighted by atomic mass is 9.96. The first kappa shape index (κ1) is 19.1. The SMILES string of the molecule is O=C1CCC(N2Cc3ccc(C(=O)NC4(C(=O)O)CCCC4)cc3C2=O)C(=O)N1. The number of carbonyl (C=O) groups is 5. The Bertz CT molecular complexity index is 934. The number of carboxylic acids is 1. The normalized spacial score (nSPS) is 23.0. The third-order valence-electron chi connectivity index (χ3n) is 6.01. The van der Waals surface area contributed by atoms with Crippen LogP contribution < -0.4 is 10.6 Å². The Balaban J connectivity index is 1.53. The van der Waals surface area contributed by atoms with Gasteiger partial charge in [-0.2, -0.15) is 0 Å². The molecule has 2 fully saturated rings. The lowest BCUT2D eigenvalue weighted by Gasteiger charge is -2.29. The number of hydrogen-bond donors (Lipinski definition) is 3. The fourth-order valence-electron chi connectivity index (χ4n) is 4.36. The maximum atomic E-state index is 12.8. The summed E-state index contributed by atoms with van der Waals surface area (Å²) in [4.78, 5) is 62.1. The van der Waals surface area contributed by atoms with E-state index in [0.29, 0.717) is 24.0 Å². The van der Waals surface area contributed by atoms with Crippen molar-refractivity contribution in [2.75, 3.05) is 0 Å². The molecule has 1 saturated heterocycles. The van der Waals surface area contributed by atoms with E-state index in [9.17, 15) is 29.1 Å². The Morgan fingerprint density at radius 2 is 1.90 bits per heavy atom. The summed E-state index contributed by atoms with van der Waals surface area (Å²) in [6.45, 7) is 0.224. The third-order valence-corrected chi connectivity index (χ3v) is 6.01. The number of fused-ring (bicyclic) bond motifs is 1. The van der Waals surface area contributed by atoms with Crippen molar-refractivity contribution < 1.29 is 29.1 Å². The van der Waals surface area contributed by atoms with Gasteiger partial charge in [0.15, 0.2) is 0 Å². The van der Waals surface area contributed by atoms with Crippen molar-refractivity contribution in [3.63, 3.8) is 0 Å². The van der Waals surface area contributed by atoms with Gasteiger partial charge in [0, 0.05) is 24.1 Å². The van der Waals surface area contributed by atoms with Gasteiger partial charge in [-0.05, 0) is 37.0 Å². The number of amides is 4. The highest BCUT2D eigenvalue weighted by atomic mass is 16.4. The number of rotatable bonds is 4. The molecule has 0 bridgehead atoms. The largest absolute Gasteiger partial charge is 0.480 e. The number of hydrogen-bond acceptors (Lipinski definition) is 5. The standard InChI is InChI=1S/C20H21N3O6/c24-15-6-5-14(17(26)21-15)23-10-12-4-3-11(9-13(12)18(23)27)16(25)22-20(19(28)29)7-1-2-8-20/h3-4,9,14H,1-2,5-8,10H2,(H,22,25)(H,28,29)(H,21,24,26). The summed E-state index contributed by atoms with van der Waals surface area (Å²) in [6.07, 6.45) is 2.65. The summed E-state index contributed by atoms with van der Waals surface area (Å²) in [5.74, 6) is -2.81. The van der Waals surface area contributed by atoms with Crippen LogP contribution in [0.2, 0.25) is 0 Å². The smallest absolute Gasteiger partial charge is 0.329 e. The zero-order valence-corrected chi connectivity index (χ0v) is 15.7. The molecule has 29 heavy (non-hydrogen) atoms. The van der Waals surface area contributed by atoms with Gasteiger partial charge in [-0.15, -0.1) is 0 Å². The summed E-state index contributed by atoms with van der Waals surface area (Å²) >= 11 is 0. The van der Waals surface area contributed by atoms with Crippen LogP contribution in [0.1, 0.15) is 64.8 Å². The molecule has 0 spiro atoms. The van der Waals surface area contributed by atoms with E-state index < -0.39 is 29.4 Å². The molecule has 1 atom stereocenters. The minimum atomic E-state index is -1.27. The number of carbonyl (C=O) groups excluding carboxylic acids is 4. The number of carboxylic acid groups (broad SMARTS) is 1. The van der Waals surface area contributed by atoms with Crippen molar-refractivity contribution in [1.29, 1.82) is 0 Å². The number of nitrogens with zero attached hydrogens (tertiary/aromatic N) is 1. The van der Waals surface area contributed by atoms with Crippen LogP contribution in [0.5, 0.6) is 0 Å². The summed E-state index contributed by atoms with van der Waals surface area (Å²) in [7, 11) is 0. The zero-order valence-electron chi connectivity index (χ0n) is 15.7. The number of piperidine rings is 1. The molecule has 4 rings (SSSR count). The first-order chi connectivity index (χ1) is 13.8. The summed E-state index contributed by atoms with van der Waals surface area (Å²) in [5, 5.41) is 14.4. The predicted octanol–water partition coefficient (Wildman–Crippen LogP) is 0.575. The van der Waals surface area contributed by atoms with Crippen molar-refractivity contribution in [2.45, 2.75) is 56.7 Å². The van der Waals surface area contributed by atoms with Crippen LogP contribution in [0, 0.1) is 0 Å². The molecule has 152 valence electrons. The first-order valence-electron chi connectivity index (χ1n) is 9.64. The van der Waals surface area contributed by atoms with Gasteiger partial charge in [-0.3, -0.25) is 24.5 Å². The monoisotopic (exact) mass is 399 g/mol. The molecule has 0 radical (unpaired) electrons. The van der Waals surface area contributed by atoms with E-state index in [1.54, 1.807) is 12.1 Å². The van der Waals surface area contributed by atoms with E-state index in [0.717, 1.165) is 12.8 Å². The highest BCUT2D eigenvalue weighted by Crippen LogP contribution is 2.31. The Hall–Kier alpha value is -3.23. The molecule has 3 aliphatic rings. The molecule has 4 amide bonds. The first-order valence-corrected chi connectivity index (χ1v) is 9.64. The van der Waals surface area contributed by atoms with Crippen molar-refractivity contribution in [3.05, 3.63) is 34.9 Å². The Morgan fingerprint density at radius 3 is 2.55 bits per heavy atom. The van der Waals surface area contributed by atoms with E-state index in [4.69, 9.17) is 0 Å². The third kappa shape index (κ3) is 3.26. The Labute approximate surface area is 166 Å². The number of imide groups is 1. The van der Waals surface area contributed by atoms with Gasteiger partial charge in [0.05, 0.1) is 0 Å². The van der Waals surface area contributed by atoms with E-state index in [-0.39, 0.29) is 36.8 Å². The van der Waals surface area contributed by atoms with Crippen LogP contribution in [0.3, 0.4) is 0 Å². The predicted molar refractivity (Wildman–Crippen MR) is 98.8 cm³/mol. The van der Waals surface area contributed by atoms with Gasteiger partial charge in [0.1, 0.15) is 11.6 Å². The molecule has 1 saturated carbocycles. The second-order valence-electron chi connectivity index (χ2n) is 7.82. The van der Waals surface area contributed by atoms with Crippen molar-refractivity contribution in [1.82, 2.24) is 15.5 Å². The van der Waals surface area contributed by atoms with E-state index in [1.165, 1.54) is 11.0 Å². The molecule has 1 aromatic carbocycles. The van der Waals surface area contributed by atoms with Gasteiger partial charge in [-0.25, -0.2) is 4.79 Å². The van der Waals surface area contributed by atoms with E-state index in [2.05, 4.69) is 10.6 Å². The quantitative estimate of drug-likeness (QED) is 0.634. The molecule has 9 nitrogen and oxygen atoms in total. The fourth-order valence-corrected chi connectivity index (χ4v) is 4.36. The molecule has 3 N–H and O–H groups in total. The molecular weight excluding hydrogens is 378 g/mol. The zero-order chi connectivity index (χ0) is 20.8. The summed E-state index contributed by atoms with van der Waals surface area (Å²) in [5.41, 5.74) is -0.0586. The molecule has 1 unspecified atom stereocenters. The van der Waals surface area contributed by atoms with Gasteiger partial charge >= 0.3 is 5.97 Å². The van der Waals surface area contributed by atoms with Crippen molar-refractivity contribution in [2.24, 2.45) is 0 Å². The maximum absolute atomic E-state index is 12.8. The molecule has 0 aromatic heterocycles. The van der Waals surface area contributed by atoms with E-state index in [1.807, 2.05) is 0 Å². The number of nitrogens with one attached hydrogen (secondary N) is 2. The highest BCUT2D eigenvalue weighted by Gasteiger charge is 2.43. The van der Waals surface area contributed by atoms with Crippen molar-refractivity contribution >= 4 is 29.6 Å². The van der Waals surface area contributed by atoms with Crippen LogP contribution in [-0.4, -0.2) is 51.2 Å². The van der Waals surface area contributed by atoms with Gasteiger partial charge < -0.3 is 15.3 Å². The van der Waals surface area contributed by atoms with Gasteiger partial charge in [0.2, 0.25) is 11.8 Å². The van der Waals surface area contributed by atoms with Crippen LogP contribution in [0.25, 0.3) is 0 Å². The minimum absolute atomic E-state index is 0.168. The number of benzene rings is 1. The molecular formula is C20H21N3O6. The molecule has 1 aromatic rings. The van der Waals surface area contributed by atoms with Gasteiger partial charge in [0.25, 0.3) is 11.8 Å². The highest BCUT2D eigenvalue weighted by molar-refractivity contribution is 6.07. The number of aliphatic carboxylic acids is 1. The van der Waals surface area contributed by atoms with Crippen LogP contribution in [-0.2, 0) is 20.9 Å². The molecule has 2 heterocycles. The fraction of sp³-hybridized carbons (Fsp3) is 0.450. The molecule has 9 heteroatoms. The average molecular weight is 399 g/mol.